The van der Waals surface area contributed by atoms with Crippen LogP contribution in [0.4, 0.5) is 0 Å². The van der Waals surface area contributed by atoms with Gasteiger partial charge in [0, 0.05) is 21.9 Å². The fourth-order valence-corrected chi connectivity index (χ4v) is 2.99. The minimum Gasteiger partial charge on any atom is -0.451 e. The van der Waals surface area contributed by atoms with Gasteiger partial charge in [0.15, 0.2) is 5.76 Å². The van der Waals surface area contributed by atoms with Crippen LogP contribution in [0.2, 0.25) is 0 Å². The zero-order valence-corrected chi connectivity index (χ0v) is 12.9. The maximum absolute atomic E-state index is 12.3. The fourth-order valence-electron chi connectivity index (χ4n) is 2.61. The molecule has 20 heavy (non-hydrogen) atoms. The second-order valence-corrected chi connectivity index (χ2v) is 6.17. The number of piperidine rings is 1. The molecular weight excluding hydrogens is 320 g/mol. The van der Waals surface area contributed by atoms with E-state index in [1.807, 2.05) is 18.2 Å². The molecule has 2 unspecified atom stereocenters. The second-order valence-electron chi connectivity index (χ2n) is 5.26. The molecule has 2 heterocycles. The lowest BCUT2D eigenvalue weighted by Crippen LogP contribution is -2.51. The van der Waals surface area contributed by atoms with Crippen LogP contribution in [0.1, 0.15) is 30.3 Å². The van der Waals surface area contributed by atoms with Crippen LogP contribution >= 0.6 is 15.9 Å². The molecule has 3 rings (SSSR count). The molecule has 2 atom stereocenters. The molecule has 0 bridgehead atoms. The highest BCUT2D eigenvalue weighted by molar-refractivity contribution is 9.10. The molecule has 4 nitrogen and oxygen atoms in total. The van der Waals surface area contributed by atoms with Gasteiger partial charge in [0.2, 0.25) is 0 Å². The minimum atomic E-state index is -0.141. The molecule has 106 valence electrons. The first-order valence-electron chi connectivity index (χ1n) is 6.87. The summed E-state index contributed by atoms with van der Waals surface area (Å²) < 4.78 is 6.58. The topological polar surface area (TPSA) is 54.3 Å². The summed E-state index contributed by atoms with van der Waals surface area (Å²) in [4.78, 5) is 12.3. The highest BCUT2D eigenvalue weighted by Crippen LogP contribution is 2.23. The Morgan fingerprint density at radius 1 is 1.45 bits per heavy atom. The molecule has 1 aromatic heterocycles. The molecule has 2 aromatic rings. The lowest BCUT2D eigenvalue weighted by atomic mass is 10.00. The second kappa shape index (κ2) is 5.58. The van der Waals surface area contributed by atoms with Crippen LogP contribution in [-0.2, 0) is 0 Å². The van der Waals surface area contributed by atoms with E-state index in [1.165, 1.54) is 0 Å². The van der Waals surface area contributed by atoms with Gasteiger partial charge in [0.05, 0.1) is 0 Å². The summed E-state index contributed by atoms with van der Waals surface area (Å²) in [6, 6.07) is 7.96. The normalized spacial score (nSPS) is 22.9. The van der Waals surface area contributed by atoms with Crippen LogP contribution < -0.4 is 10.6 Å². The Kier molecular flexibility index (Phi) is 3.81. The number of carbonyl (C=O) groups excluding carboxylic acids is 1. The van der Waals surface area contributed by atoms with E-state index in [9.17, 15) is 4.79 Å². The fraction of sp³-hybridized carbons (Fsp3) is 0.400. The molecule has 1 aromatic carbocycles. The Bertz CT molecular complexity index is 638. The first-order valence-corrected chi connectivity index (χ1v) is 7.66. The van der Waals surface area contributed by atoms with Crippen LogP contribution in [0.5, 0.6) is 0 Å². The van der Waals surface area contributed by atoms with Gasteiger partial charge >= 0.3 is 0 Å². The molecule has 0 aliphatic carbocycles. The first-order chi connectivity index (χ1) is 9.63. The van der Waals surface area contributed by atoms with Crippen molar-refractivity contribution >= 4 is 32.8 Å². The van der Waals surface area contributed by atoms with Crippen molar-refractivity contribution in [1.29, 1.82) is 0 Å². The van der Waals surface area contributed by atoms with Crippen LogP contribution in [0.15, 0.2) is 33.2 Å². The van der Waals surface area contributed by atoms with Gasteiger partial charge in [-0.25, -0.2) is 0 Å². The lowest BCUT2D eigenvalue weighted by molar-refractivity contribution is 0.0894. The first kappa shape index (κ1) is 13.6. The van der Waals surface area contributed by atoms with E-state index in [1.54, 1.807) is 6.07 Å². The highest BCUT2D eigenvalue weighted by atomic mass is 79.9. The van der Waals surface area contributed by atoms with Crippen molar-refractivity contribution in [3.63, 3.8) is 0 Å². The van der Waals surface area contributed by atoms with E-state index < -0.39 is 0 Å². The largest absolute Gasteiger partial charge is 0.451 e. The zero-order chi connectivity index (χ0) is 14.1. The number of rotatable bonds is 2. The zero-order valence-electron chi connectivity index (χ0n) is 11.3. The minimum absolute atomic E-state index is 0.141. The molecule has 1 aliphatic rings. The molecule has 5 heteroatoms. The van der Waals surface area contributed by atoms with Crippen molar-refractivity contribution in [3.8, 4) is 0 Å². The number of benzene rings is 1. The quantitative estimate of drug-likeness (QED) is 0.886. The SMILES string of the molecule is CC1NCCCC1NC(=O)c1cc2cc(Br)ccc2o1. The Labute approximate surface area is 126 Å². The smallest absolute Gasteiger partial charge is 0.287 e. The third-order valence-electron chi connectivity index (χ3n) is 3.78. The Morgan fingerprint density at radius 2 is 2.30 bits per heavy atom. The van der Waals surface area contributed by atoms with Gasteiger partial charge in [0.25, 0.3) is 5.91 Å². The molecule has 1 fully saturated rings. The molecule has 1 aliphatic heterocycles. The lowest BCUT2D eigenvalue weighted by Gasteiger charge is -2.30. The van der Waals surface area contributed by atoms with Crippen LogP contribution in [0.3, 0.4) is 0 Å². The van der Waals surface area contributed by atoms with Crippen molar-refractivity contribution < 1.29 is 9.21 Å². The third-order valence-corrected chi connectivity index (χ3v) is 4.27. The van der Waals surface area contributed by atoms with Gasteiger partial charge in [0.1, 0.15) is 5.58 Å². The monoisotopic (exact) mass is 336 g/mol. The number of furan rings is 1. The Morgan fingerprint density at radius 3 is 3.10 bits per heavy atom. The van der Waals surface area contributed by atoms with Gasteiger partial charge in [-0.3, -0.25) is 4.79 Å². The van der Waals surface area contributed by atoms with E-state index in [0.29, 0.717) is 11.8 Å². The average Bonchev–Trinajstić information content (AvgIpc) is 2.84. The maximum Gasteiger partial charge on any atom is 0.287 e. The van der Waals surface area contributed by atoms with E-state index in [2.05, 4.69) is 33.5 Å². The van der Waals surface area contributed by atoms with E-state index in [-0.39, 0.29) is 11.9 Å². The van der Waals surface area contributed by atoms with Crippen molar-refractivity contribution in [1.82, 2.24) is 10.6 Å². The molecule has 1 amide bonds. The summed E-state index contributed by atoms with van der Waals surface area (Å²) in [6.45, 7) is 3.12. The summed E-state index contributed by atoms with van der Waals surface area (Å²) >= 11 is 3.42. The summed E-state index contributed by atoms with van der Waals surface area (Å²) in [5.74, 6) is 0.230. The van der Waals surface area contributed by atoms with Crippen molar-refractivity contribution in [3.05, 3.63) is 34.5 Å². The van der Waals surface area contributed by atoms with Crippen LogP contribution in [0, 0.1) is 0 Å². The predicted octanol–water partition coefficient (Wildman–Crippen LogP) is 3.07. The van der Waals surface area contributed by atoms with Gasteiger partial charge in [-0.05, 0) is 50.6 Å². The van der Waals surface area contributed by atoms with Gasteiger partial charge in [-0.2, -0.15) is 0 Å². The van der Waals surface area contributed by atoms with Crippen molar-refractivity contribution in [2.45, 2.75) is 31.8 Å². The number of nitrogens with one attached hydrogen (secondary N) is 2. The van der Waals surface area contributed by atoms with E-state index in [0.717, 1.165) is 34.8 Å². The summed E-state index contributed by atoms with van der Waals surface area (Å²) in [5.41, 5.74) is 0.730. The van der Waals surface area contributed by atoms with Gasteiger partial charge in [-0.15, -0.1) is 0 Å². The number of carbonyl (C=O) groups is 1. The number of fused-ring (bicyclic) bond motifs is 1. The van der Waals surface area contributed by atoms with Crippen molar-refractivity contribution in [2.75, 3.05) is 6.54 Å². The number of hydrogen-bond acceptors (Lipinski definition) is 3. The van der Waals surface area contributed by atoms with Gasteiger partial charge < -0.3 is 15.1 Å². The van der Waals surface area contributed by atoms with Crippen molar-refractivity contribution in [2.24, 2.45) is 0 Å². The molecule has 0 saturated carbocycles. The highest BCUT2D eigenvalue weighted by Gasteiger charge is 2.24. The molecule has 2 N–H and O–H groups in total. The molecule has 1 saturated heterocycles. The molecule has 0 spiro atoms. The van der Waals surface area contributed by atoms with E-state index in [4.69, 9.17) is 4.42 Å². The number of amides is 1. The summed E-state index contributed by atoms with van der Waals surface area (Å²) in [5, 5.41) is 7.35. The number of hydrogen-bond donors (Lipinski definition) is 2. The average molecular weight is 337 g/mol. The van der Waals surface area contributed by atoms with E-state index >= 15 is 0 Å². The van der Waals surface area contributed by atoms with Crippen LogP contribution in [-0.4, -0.2) is 24.5 Å². The molecular formula is C15H17BrN2O2. The molecule has 0 radical (unpaired) electrons. The summed E-state index contributed by atoms with van der Waals surface area (Å²) in [7, 11) is 0. The predicted molar refractivity (Wildman–Crippen MR) is 81.9 cm³/mol. The Hall–Kier alpha value is -1.33. The Balaban J connectivity index is 1.78. The number of halogens is 1. The third kappa shape index (κ3) is 2.74. The maximum atomic E-state index is 12.3. The standard InChI is InChI=1S/C15H17BrN2O2/c1-9-12(3-2-6-17-9)18-15(19)14-8-10-7-11(16)4-5-13(10)20-14/h4-5,7-9,12,17H,2-3,6H2,1H3,(H,18,19). The van der Waals surface area contributed by atoms with Crippen LogP contribution in [0.25, 0.3) is 11.0 Å². The summed E-state index contributed by atoms with van der Waals surface area (Å²) in [6.07, 6.45) is 2.09. The van der Waals surface area contributed by atoms with Gasteiger partial charge in [-0.1, -0.05) is 15.9 Å².